The van der Waals surface area contributed by atoms with Gasteiger partial charge < -0.3 is 24.1 Å². The van der Waals surface area contributed by atoms with E-state index in [4.69, 9.17) is 18.9 Å². The van der Waals surface area contributed by atoms with Crippen LogP contribution in [-0.2, 0) is 45.4 Å². The fourth-order valence-electron chi connectivity index (χ4n) is 4.61. The molecule has 5 nitrogen and oxygen atoms in total. The molecule has 0 radical (unpaired) electrons. The molecule has 0 aliphatic heterocycles. The molecule has 0 aliphatic rings. The van der Waals surface area contributed by atoms with Crippen molar-refractivity contribution in [1.29, 1.82) is 0 Å². The minimum Gasteiger partial charge on any atom is -0.393 e. The average molecular weight is 571 g/mol. The number of benzene rings is 4. The molecule has 4 aromatic carbocycles. The van der Waals surface area contributed by atoms with Crippen LogP contribution in [0.3, 0.4) is 0 Å². The summed E-state index contributed by atoms with van der Waals surface area (Å²) < 4.78 is 41.8. The smallest absolute Gasteiger partial charge is 0.185 e. The maximum absolute atomic E-state index is 17.0. The van der Waals surface area contributed by atoms with Crippen molar-refractivity contribution < 1.29 is 28.4 Å². The SMILES string of the molecule is C=C[C@H](OCc1ccccc1)[C@@H](OCc1ccccc1)[C@@H](OCc1ccccc1)[C@@](F)(CO)COCc1ccccc1. The Kier molecular flexibility index (Phi) is 12.4. The van der Waals surface area contributed by atoms with E-state index in [0.29, 0.717) is 0 Å². The summed E-state index contributed by atoms with van der Waals surface area (Å²) in [5, 5.41) is 10.5. The Labute approximate surface area is 248 Å². The monoisotopic (exact) mass is 570 g/mol. The van der Waals surface area contributed by atoms with Crippen LogP contribution in [0.5, 0.6) is 0 Å². The summed E-state index contributed by atoms with van der Waals surface area (Å²) in [5.41, 5.74) is 1.29. The first kappa shape index (κ1) is 31.3. The van der Waals surface area contributed by atoms with Gasteiger partial charge in [0.05, 0.1) is 39.6 Å². The fourth-order valence-corrected chi connectivity index (χ4v) is 4.61. The van der Waals surface area contributed by atoms with Gasteiger partial charge in [0.1, 0.15) is 18.3 Å². The molecule has 4 atom stereocenters. The first-order valence-electron chi connectivity index (χ1n) is 14.1. The molecule has 0 aliphatic carbocycles. The van der Waals surface area contributed by atoms with Crippen molar-refractivity contribution in [2.24, 2.45) is 0 Å². The third kappa shape index (κ3) is 9.44. The number of alkyl halides is 1. The van der Waals surface area contributed by atoms with Gasteiger partial charge in [-0.15, -0.1) is 6.58 Å². The zero-order valence-corrected chi connectivity index (χ0v) is 23.8. The predicted molar refractivity (Wildman–Crippen MR) is 162 cm³/mol. The molecular weight excluding hydrogens is 531 g/mol. The Hall–Kier alpha value is -3.65. The first-order chi connectivity index (χ1) is 20.6. The minimum absolute atomic E-state index is 0.101. The van der Waals surface area contributed by atoms with Crippen LogP contribution in [0.1, 0.15) is 22.3 Å². The zero-order valence-electron chi connectivity index (χ0n) is 23.8. The molecule has 0 unspecified atom stereocenters. The third-order valence-electron chi connectivity index (χ3n) is 6.92. The first-order valence-corrected chi connectivity index (χ1v) is 14.1. The number of aliphatic hydroxyl groups is 1. The molecule has 0 heterocycles. The van der Waals surface area contributed by atoms with Crippen LogP contribution in [-0.4, -0.2) is 42.3 Å². The van der Waals surface area contributed by atoms with E-state index in [1.54, 1.807) is 6.08 Å². The molecule has 1 N–H and O–H groups in total. The number of hydrogen-bond acceptors (Lipinski definition) is 5. The average Bonchev–Trinajstić information content (AvgIpc) is 3.05. The second kappa shape index (κ2) is 16.7. The molecule has 0 amide bonds. The van der Waals surface area contributed by atoms with Crippen molar-refractivity contribution in [3.8, 4) is 0 Å². The largest absolute Gasteiger partial charge is 0.393 e. The highest BCUT2D eigenvalue weighted by atomic mass is 19.1. The van der Waals surface area contributed by atoms with E-state index < -0.39 is 37.2 Å². The van der Waals surface area contributed by atoms with E-state index >= 15 is 4.39 Å². The molecule has 6 heteroatoms. The topological polar surface area (TPSA) is 57.2 Å². The minimum atomic E-state index is -2.32. The van der Waals surface area contributed by atoms with Gasteiger partial charge in [-0.05, 0) is 22.3 Å². The van der Waals surface area contributed by atoms with Crippen molar-refractivity contribution in [1.82, 2.24) is 0 Å². The summed E-state index contributed by atoms with van der Waals surface area (Å²) in [5.74, 6) is 0. The fraction of sp³-hybridized carbons (Fsp3) is 0.278. The molecule has 0 aromatic heterocycles. The van der Waals surface area contributed by atoms with Crippen LogP contribution < -0.4 is 0 Å². The summed E-state index contributed by atoms with van der Waals surface area (Å²) in [7, 11) is 0. The lowest BCUT2D eigenvalue weighted by Crippen LogP contribution is -2.57. The van der Waals surface area contributed by atoms with Crippen molar-refractivity contribution >= 4 is 0 Å². The van der Waals surface area contributed by atoms with E-state index in [1.807, 2.05) is 121 Å². The molecular formula is C36H39FO5. The molecule has 0 spiro atoms. The standard InChI is InChI=1S/C36H39FO5/c1-2-33(40-24-30-17-9-4-10-18-30)34(41-25-31-19-11-5-12-20-31)35(42-26-32-21-13-6-14-22-32)36(37,27-38)28-39-23-29-15-7-3-8-16-29/h2-22,33-35,38H,1,23-28H2/t33-,34+,35+,36+/m0/s1. The van der Waals surface area contributed by atoms with Gasteiger partial charge in [-0.2, -0.15) is 0 Å². The van der Waals surface area contributed by atoms with Crippen molar-refractivity contribution in [2.45, 2.75) is 50.4 Å². The molecule has 4 rings (SSSR count). The van der Waals surface area contributed by atoms with E-state index in [2.05, 4.69) is 6.58 Å². The molecule has 0 saturated heterocycles. The quantitative estimate of drug-likeness (QED) is 0.133. The van der Waals surface area contributed by atoms with E-state index in [-0.39, 0.29) is 26.4 Å². The third-order valence-corrected chi connectivity index (χ3v) is 6.92. The van der Waals surface area contributed by atoms with Crippen LogP contribution in [0.2, 0.25) is 0 Å². The van der Waals surface area contributed by atoms with Gasteiger partial charge in [0.15, 0.2) is 5.67 Å². The number of hydrogen-bond donors (Lipinski definition) is 1. The Morgan fingerprint density at radius 3 is 1.45 bits per heavy atom. The van der Waals surface area contributed by atoms with Crippen molar-refractivity contribution in [3.05, 3.63) is 156 Å². The summed E-state index contributed by atoms with van der Waals surface area (Å²) in [4.78, 5) is 0. The normalized spacial score (nSPS) is 14.9. The number of aliphatic hydroxyl groups excluding tert-OH is 1. The lowest BCUT2D eigenvalue weighted by Gasteiger charge is -2.39. The highest BCUT2D eigenvalue weighted by molar-refractivity contribution is 5.17. The van der Waals surface area contributed by atoms with E-state index in [0.717, 1.165) is 22.3 Å². The highest BCUT2D eigenvalue weighted by Crippen LogP contribution is 2.30. The van der Waals surface area contributed by atoms with E-state index in [1.165, 1.54) is 0 Å². The lowest BCUT2D eigenvalue weighted by molar-refractivity contribution is -0.203. The van der Waals surface area contributed by atoms with Crippen LogP contribution in [0, 0.1) is 0 Å². The number of halogens is 1. The van der Waals surface area contributed by atoms with Crippen LogP contribution in [0.15, 0.2) is 134 Å². The van der Waals surface area contributed by atoms with Gasteiger partial charge in [-0.3, -0.25) is 0 Å². The summed E-state index contributed by atoms with van der Waals surface area (Å²) >= 11 is 0. The number of rotatable bonds is 18. The van der Waals surface area contributed by atoms with Gasteiger partial charge >= 0.3 is 0 Å². The molecule has 0 fully saturated rings. The molecule has 0 saturated carbocycles. The Morgan fingerprint density at radius 1 is 0.619 bits per heavy atom. The van der Waals surface area contributed by atoms with Gasteiger partial charge in [-0.25, -0.2) is 4.39 Å². The van der Waals surface area contributed by atoms with Crippen molar-refractivity contribution in [3.63, 3.8) is 0 Å². The number of ether oxygens (including phenoxy) is 4. The Morgan fingerprint density at radius 2 is 1.02 bits per heavy atom. The van der Waals surface area contributed by atoms with Gasteiger partial charge in [-0.1, -0.05) is 127 Å². The van der Waals surface area contributed by atoms with E-state index in [9.17, 15) is 5.11 Å². The second-order valence-electron chi connectivity index (χ2n) is 10.1. The Bertz CT molecular complexity index is 1290. The molecule has 42 heavy (non-hydrogen) atoms. The van der Waals surface area contributed by atoms with Gasteiger partial charge in [0.25, 0.3) is 0 Å². The predicted octanol–water partition coefficient (Wildman–Crippen LogP) is 6.85. The molecule has 0 bridgehead atoms. The summed E-state index contributed by atoms with van der Waals surface area (Å²) in [6.45, 7) is 3.46. The van der Waals surface area contributed by atoms with Crippen LogP contribution in [0.25, 0.3) is 0 Å². The Balaban J connectivity index is 1.62. The second-order valence-corrected chi connectivity index (χ2v) is 10.1. The van der Waals surface area contributed by atoms with Gasteiger partial charge in [0.2, 0.25) is 0 Å². The zero-order chi connectivity index (χ0) is 29.5. The maximum atomic E-state index is 17.0. The highest BCUT2D eigenvalue weighted by Gasteiger charge is 2.48. The summed E-state index contributed by atoms with van der Waals surface area (Å²) in [6.07, 6.45) is -1.39. The molecule has 4 aromatic rings. The van der Waals surface area contributed by atoms with Gasteiger partial charge in [0, 0.05) is 0 Å². The summed E-state index contributed by atoms with van der Waals surface area (Å²) in [6, 6.07) is 38.3. The lowest BCUT2D eigenvalue weighted by atomic mass is 9.92. The maximum Gasteiger partial charge on any atom is 0.185 e. The van der Waals surface area contributed by atoms with Crippen LogP contribution >= 0.6 is 0 Å². The molecule has 220 valence electrons. The van der Waals surface area contributed by atoms with Crippen LogP contribution in [0.4, 0.5) is 4.39 Å². The van der Waals surface area contributed by atoms with Crippen molar-refractivity contribution in [2.75, 3.05) is 13.2 Å².